The fourth-order valence-corrected chi connectivity index (χ4v) is 3.87. The number of hydrogen-bond donors (Lipinski definition) is 1. The number of nitrogens with zero attached hydrogens (tertiary/aromatic N) is 1. The van der Waals surface area contributed by atoms with Crippen LogP contribution in [0, 0.1) is 17.3 Å². The number of hydrogen-bond acceptors (Lipinski definition) is 2. The topological polar surface area (TPSA) is 32.3 Å². The number of likely N-dealkylation sites (tertiary alicyclic amines) is 1. The summed E-state index contributed by atoms with van der Waals surface area (Å²) >= 11 is 0. The van der Waals surface area contributed by atoms with E-state index in [-0.39, 0.29) is 12.4 Å². The lowest BCUT2D eigenvalue weighted by Crippen LogP contribution is -2.33. The van der Waals surface area contributed by atoms with Crippen molar-refractivity contribution in [2.75, 3.05) is 26.2 Å². The number of carbonyl (C=O) groups is 1. The van der Waals surface area contributed by atoms with Gasteiger partial charge in [-0.3, -0.25) is 4.79 Å². The zero-order chi connectivity index (χ0) is 15.3. The number of nitrogens with one attached hydrogen (secondary N) is 1. The van der Waals surface area contributed by atoms with Crippen LogP contribution in [0.5, 0.6) is 0 Å². The summed E-state index contributed by atoms with van der Waals surface area (Å²) in [6, 6.07) is 0. The monoisotopic (exact) mass is 330 g/mol. The molecule has 0 saturated carbocycles. The molecular formula is C18H35ClN2O. The lowest BCUT2D eigenvalue weighted by atomic mass is 9.77. The van der Waals surface area contributed by atoms with Gasteiger partial charge in [0.2, 0.25) is 5.91 Å². The smallest absolute Gasteiger partial charge is 0.222 e. The third-order valence-electron chi connectivity index (χ3n) is 5.53. The second kappa shape index (κ2) is 9.12. The lowest BCUT2D eigenvalue weighted by molar-refractivity contribution is -0.131. The summed E-state index contributed by atoms with van der Waals surface area (Å²) in [5, 5.41) is 3.40. The second-order valence-electron chi connectivity index (χ2n) is 8.11. The Morgan fingerprint density at radius 2 is 1.77 bits per heavy atom. The number of amides is 1. The predicted octanol–water partition coefficient (Wildman–Crippen LogP) is 3.86. The van der Waals surface area contributed by atoms with Gasteiger partial charge >= 0.3 is 0 Å². The van der Waals surface area contributed by atoms with Gasteiger partial charge in [0.25, 0.3) is 0 Å². The van der Waals surface area contributed by atoms with E-state index in [2.05, 4.69) is 31.0 Å². The Labute approximate surface area is 143 Å². The molecule has 4 heteroatoms. The summed E-state index contributed by atoms with van der Waals surface area (Å²) in [4.78, 5) is 14.6. The summed E-state index contributed by atoms with van der Waals surface area (Å²) in [6.45, 7) is 11.3. The summed E-state index contributed by atoms with van der Waals surface area (Å²) in [5.41, 5.74) is 0.383. The van der Waals surface area contributed by atoms with Crippen molar-refractivity contribution < 1.29 is 4.79 Å². The van der Waals surface area contributed by atoms with Crippen LogP contribution in [0.4, 0.5) is 0 Å². The molecule has 0 radical (unpaired) electrons. The molecule has 1 atom stereocenters. The molecule has 2 fully saturated rings. The van der Waals surface area contributed by atoms with Gasteiger partial charge in [-0.05, 0) is 68.9 Å². The van der Waals surface area contributed by atoms with Crippen LogP contribution >= 0.6 is 12.4 Å². The van der Waals surface area contributed by atoms with Crippen molar-refractivity contribution in [1.29, 1.82) is 0 Å². The molecule has 0 bridgehead atoms. The van der Waals surface area contributed by atoms with Crippen molar-refractivity contribution in [2.45, 2.75) is 65.7 Å². The number of carbonyl (C=O) groups excluding carboxylic acids is 1. The van der Waals surface area contributed by atoms with E-state index in [0.717, 1.165) is 50.9 Å². The van der Waals surface area contributed by atoms with Gasteiger partial charge in [-0.2, -0.15) is 0 Å². The van der Waals surface area contributed by atoms with E-state index in [1.54, 1.807) is 0 Å². The van der Waals surface area contributed by atoms with Crippen LogP contribution in [0.25, 0.3) is 0 Å². The molecule has 2 saturated heterocycles. The van der Waals surface area contributed by atoms with Crippen LogP contribution < -0.4 is 5.32 Å². The normalized spacial score (nSPS) is 24.5. The molecule has 22 heavy (non-hydrogen) atoms. The summed E-state index contributed by atoms with van der Waals surface area (Å²) in [7, 11) is 0. The Bertz CT molecular complexity index is 334. The zero-order valence-corrected chi connectivity index (χ0v) is 15.5. The van der Waals surface area contributed by atoms with Gasteiger partial charge in [0, 0.05) is 19.5 Å². The third kappa shape index (κ3) is 6.08. The molecule has 0 spiro atoms. The number of piperidine rings is 1. The fourth-order valence-electron chi connectivity index (χ4n) is 3.87. The number of halogens is 1. The average Bonchev–Trinajstić information content (AvgIpc) is 2.71. The molecule has 2 rings (SSSR count). The summed E-state index contributed by atoms with van der Waals surface area (Å²) in [5.74, 6) is 1.94. The molecule has 1 N–H and O–H groups in total. The van der Waals surface area contributed by atoms with Crippen LogP contribution in [-0.4, -0.2) is 37.0 Å². The molecule has 2 aliphatic heterocycles. The highest BCUT2D eigenvalue weighted by Gasteiger charge is 2.28. The van der Waals surface area contributed by atoms with Gasteiger partial charge < -0.3 is 10.2 Å². The standard InChI is InChI=1S/C18H34N2O.ClH/c1-18(2,3)16-5-4-13-20(14-10-16)17(21)7-6-15-8-11-19-12-9-15;/h15-16,19H,4-14H2,1-3H3;1H. The maximum Gasteiger partial charge on any atom is 0.222 e. The van der Waals surface area contributed by atoms with E-state index >= 15 is 0 Å². The van der Waals surface area contributed by atoms with Crippen LogP contribution in [0.15, 0.2) is 0 Å². The Morgan fingerprint density at radius 1 is 1.09 bits per heavy atom. The lowest BCUT2D eigenvalue weighted by Gasteiger charge is -2.30. The molecular weight excluding hydrogens is 296 g/mol. The molecule has 2 aliphatic rings. The minimum absolute atomic E-state index is 0. The van der Waals surface area contributed by atoms with E-state index in [4.69, 9.17) is 0 Å². The molecule has 0 aliphatic carbocycles. The Hall–Kier alpha value is -0.280. The fraction of sp³-hybridized carbons (Fsp3) is 0.944. The van der Waals surface area contributed by atoms with Crippen LogP contribution in [0.2, 0.25) is 0 Å². The van der Waals surface area contributed by atoms with Crippen molar-refractivity contribution in [1.82, 2.24) is 10.2 Å². The van der Waals surface area contributed by atoms with Crippen LogP contribution in [-0.2, 0) is 4.79 Å². The predicted molar refractivity (Wildman–Crippen MR) is 95.5 cm³/mol. The maximum absolute atomic E-state index is 12.5. The Balaban J connectivity index is 0.00000242. The molecule has 0 aromatic heterocycles. The first-order valence-corrected chi connectivity index (χ1v) is 8.95. The van der Waals surface area contributed by atoms with Crippen molar-refractivity contribution in [3.05, 3.63) is 0 Å². The van der Waals surface area contributed by atoms with Crippen molar-refractivity contribution in [2.24, 2.45) is 17.3 Å². The maximum atomic E-state index is 12.5. The van der Waals surface area contributed by atoms with Crippen molar-refractivity contribution in [3.63, 3.8) is 0 Å². The number of rotatable bonds is 3. The average molecular weight is 331 g/mol. The van der Waals surface area contributed by atoms with Crippen LogP contribution in [0.3, 0.4) is 0 Å². The van der Waals surface area contributed by atoms with Crippen molar-refractivity contribution >= 4 is 18.3 Å². The second-order valence-corrected chi connectivity index (χ2v) is 8.11. The zero-order valence-electron chi connectivity index (χ0n) is 14.7. The van der Waals surface area contributed by atoms with Crippen molar-refractivity contribution in [3.8, 4) is 0 Å². The van der Waals surface area contributed by atoms with E-state index in [0.29, 0.717) is 11.3 Å². The van der Waals surface area contributed by atoms with E-state index in [9.17, 15) is 4.79 Å². The summed E-state index contributed by atoms with van der Waals surface area (Å²) in [6.07, 6.45) is 8.01. The minimum Gasteiger partial charge on any atom is -0.343 e. The van der Waals surface area contributed by atoms with Gasteiger partial charge in [-0.1, -0.05) is 20.8 Å². The third-order valence-corrected chi connectivity index (χ3v) is 5.53. The molecule has 1 amide bonds. The first-order valence-electron chi connectivity index (χ1n) is 8.95. The van der Waals surface area contributed by atoms with E-state index in [1.807, 2.05) is 0 Å². The van der Waals surface area contributed by atoms with Gasteiger partial charge in [0.1, 0.15) is 0 Å². The van der Waals surface area contributed by atoms with E-state index in [1.165, 1.54) is 32.1 Å². The van der Waals surface area contributed by atoms with Crippen LogP contribution in [0.1, 0.15) is 65.7 Å². The first-order chi connectivity index (χ1) is 9.97. The highest BCUT2D eigenvalue weighted by molar-refractivity contribution is 5.85. The Kier molecular flexibility index (Phi) is 8.20. The molecule has 2 heterocycles. The molecule has 3 nitrogen and oxygen atoms in total. The van der Waals surface area contributed by atoms with Gasteiger partial charge in [0.15, 0.2) is 0 Å². The summed E-state index contributed by atoms with van der Waals surface area (Å²) < 4.78 is 0. The molecule has 130 valence electrons. The Morgan fingerprint density at radius 3 is 2.41 bits per heavy atom. The molecule has 0 aromatic carbocycles. The largest absolute Gasteiger partial charge is 0.343 e. The van der Waals surface area contributed by atoms with Gasteiger partial charge in [-0.25, -0.2) is 0 Å². The SMILES string of the molecule is CC(C)(C)C1CCCN(C(=O)CCC2CCNCC2)CC1.Cl. The highest BCUT2D eigenvalue weighted by atomic mass is 35.5. The molecule has 0 aromatic rings. The minimum atomic E-state index is 0. The molecule has 1 unspecified atom stereocenters. The quantitative estimate of drug-likeness (QED) is 0.852. The van der Waals surface area contributed by atoms with Gasteiger partial charge in [0.05, 0.1) is 0 Å². The highest BCUT2D eigenvalue weighted by Crippen LogP contribution is 2.34. The van der Waals surface area contributed by atoms with Gasteiger partial charge in [-0.15, -0.1) is 12.4 Å². The van der Waals surface area contributed by atoms with E-state index < -0.39 is 0 Å². The first kappa shape index (κ1) is 19.8.